The third-order valence-corrected chi connectivity index (χ3v) is 34.6. The zero-order valence-corrected chi connectivity index (χ0v) is 77.0. The number of benzene rings is 16. The van der Waals surface area contributed by atoms with Crippen LogP contribution in [0.5, 0.6) is 0 Å². The lowest BCUT2D eigenvalue weighted by Crippen LogP contribution is -2.23. The molecule has 16 aromatic carbocycles. The molecule has 0 heterocycles. The minimum absolute atomic E-state index is 0.421. The molecule has 0 fully saturated rings. The summed E-state index contributed by atoms with van der Waals surface area (Å²) in [5.41, 5.74) is 76.8. The second kappa shape index (κ2) is 31.5. The van der Waals surface area contributed by atoms with Gasteiger partial charge in [-0.2, -0.15) is 0 Å². The highest BCUT2D eigenvalue weighted by Gasteiger charge is 2.43. The molecule has 0 nitrogen and oxygen atoms in total. The van der Waals surface area contributed by atoms with Crippen LogP contribution in [0.15, 0.2) is 374 Å². The maximum absolute atomic E-state index is 2.50. The van der Waals surface area contributed by atoms with Gasteiger partial charge in [0.05, 0.1) is 0 Å². The quantitative estimate of drug-likeness (QED) is 0.142. The fourth-order valence-corrected chi connectivity index (χ4v) is 28.8. The van der Waals surface area contributed by atoms with Crippen LogP contribution in [0.4, 0.5) is 0 Å². The fraction of sp³-hybridized carbons (Fsp3) is 0.176. The summed E-state index contributed by atoms with van der Waals surface area (Å²) in [6.07, 6.45) is 47.7. The lowest BCUT2D eigenvalue weighted by Gasteiger charge is -2.36. The van der Waals surface area contributed by atoms with Crippen molar-refractivity contribution in [2.24, 2.45) is 0 Å². The molecule has 18 aliphatic rings. The molecular weight excluding hydrogens is 1630 g/mol. The van der Waals surface area contributed by atoms with Gasteiger partial charge in [0.1, 0.15) is 0 Å². The maximum atomic E-state index is 2.50. The molecule has 0 bridgehead atoms. The highest BCUT2D eigenvalue weighted by atomic mass is 14.5. The monoisotopic (exact) mass is 1740 g/mol. The van der Waals surface area contributed by atoms with Gasteiger partial charge >= 0.3 is 0 Å². The molecule has 0 heteroatoms. The number of allylic oxidation sites excluding steroid dienone is 12. The summed E-state index contributed by atoms with van der Waals surface area (Å²) < 4.78 is 0. The van der Waals surface area contributed by atoms with E-state index in [-0.39, 0.29) is 0 Å². The van der Waals surface area contributed by atoms with Crippen molar-refractivity contribution in [2.45, 2.75) is 151 Å². The average molecular weight is 1740 g/mol. The first-order valence-corrected chi connectivity index (χ1v) is 50.5. The Morgan fingerprint density at radius 3 is 1.01 bits per heavy atom. The smallest absolute Gasteiger partial charge is 0.0351 e. The first-order chi connectivity index (χ1) is 67.4. The van der Waals surface area contributed by atoms with E-state index in [1.54, 1.807) is 111 Å². The molecule has 6 atom stereocenters. The number of hydrogen-bond acceptors (Lipinski definition) is 0. The van der Waals surface area contributed by atoms with Crippen LogP contribution in [-0.2, 0) is 103 Å². The van der Waals surface area contributed by atoms with Crippen molar-refractivity contribution < 1.29 is 0 Å². The van der Waals surface area contributed by atoms with Gasteiger partial charge in [-0.25, -0.2) is 0 Å². The summed E-state index contributed by atoms with van der Waals surface area (Å²) in [6.45, 7) is 0. The molecule has 0 saturated heterocycles. The molecule has 0 aliphatic heterocycles. The van der Waals surface area contributed by atoms with Crippen LogP contribution in [0.25, 0.3) is 24.3 Å². The van der Waals surface area contributed by atoms with Crippen molar-refractivity contribution in [3.63, 3.8) is 0 Å². The highest BCUT2D eigenvalue weighted by molar-refractivity contribution is 5.77. The van der Waals surface area contributed by atoms with Crippen molar-refractivity contribution in [1.29, 1.82) is 0 Å². The first-order valence-electron chi connectivity index (χ1n) is 50.5. The molecule has 0 aromatic heterocycles. The summed E-state index contributed by atoms with van der Waals surface area (Å²) in [7, 11) is 0. The third kappa shape index (κ3) is 12.5. The Bertz CT molecular complexity index is 8050. The van der Waals surface area contributed by atoms with E-state index in [9.17, 15) is 0 Å². The van der Waals surface area contributed by atoms with Gasteiger partial charge in [0, 0.05) is 35.5 Å². The molecule has 0 N–H and O–H groups in total. The van der Waals surface area contributed by atoms with E-state index in [1.807, 2.05) is 0 Å². The highest BCUT2D eigenvalue weighted by Crippen LogP contribution is 2.57. The standard InChI is InChI=1S/4C24H18.2C20H16/c2*1-2-9-20-16(5-1)13-17-7-3-8-18-14-22-19-10-4-6-15(19)11-12-21(22)24(20)23(17)18;2*1-2-10-21-17(5-1)12-18-8-4-9-19-13-20-11-15-6-3-7-16(15)14-22(20)24(21)23(18)19;2*1-2-9-17-13(5-1)11-15-7-3-8-16-12-14-6-4-10-18(14)20(17)19(15)16/h1-5,7-12,24H,6,13-14H2;1-9,11-12,24H,10,13-14H2;1-5,7-11,14,24H,6,12-13H2;1-6,8-11,14,24H,7,12-13H2;1-5,7-10,20H,6,11-12H2;1-9,20H,10-12H2. The molecular formula is C136H104. The van der Waals surface area contributed by atoms with E-state index in [1.165, 1.54) is 167 Å². The van der Waals surface area contributed by atoms with Gasteiger partial charge in [0.15, 0.2) is 0 Å². The second-order valence-electron chi connectivity index (χ2n) is 41.5. The van der Waals surface area contributed by atoms with Crippen LogP contribution in [0, 0.1) is 0 Å². The Morgan fingerprint density at radius 1 is 0.162 bits per heavy atom. The van der Waals surface area contributed by atoms with E-state index in [0.717, 1.165) is 116 Å². The molecule has 648 valence electrons. The predicted octanol–water partition coefficient (Wildman–Crippen LogP) is 30.0. The summed E-state index contributed by atoms with van der Waals surface area (Å²) in [5.74, 6) is 2.71. The summed E-state index contributed by atoms with van der Waals surface area (Å²) in [5, 5.41) is 0. The fourth-order valence-electron chi connectivity index (χ4n) is 28.8. The van der Waals surface area contributed by atoms with Crippen molar-refractivity contribution >= 4 is 24.3 Å². The van der Waals surface area contributed by atoms with E-state index < -0.39 is 0 Å². The van der Waals surface area contributed by atoms with Crippen molar-refractivity contribution in [1.82, 2.24) is 0 Å². The van der Waals surface area contributed by atoms with Crippen molar-refractivity contribution in [3.8, 4) is 0 Å². The number of fused-ring (bicyclic) bond motifs is 28. The largest absolute Gasteiger partial charge is 0.0801 e. The van der Waals surface area contributed by atoms with Gasteiger partial charge in [0.25, 0.3) is 0 Å². The Morgan fingerprint density at radius 2 is 0.500 bits per heavy atom. The van der Waals surface area contributed by atoms with Crippen molar-refractivity contribution in [2.75, 3.05) is 0 Å². The Hall–Kier alpha value is -14.6. The third-order valence-electron chi connectivity index (χ3n) is 34.6. The first kappa shape index (κ1) is 78.9. The van der Waals surface area contributed by atoms with Gasteiger partial charge in [-0.3, -0.25) is 0 Å². The normalized spacial score (nSPS) is 19.4. The molecule has 0 amide bonds. The van der Waals surface area contributed by atoms with Crippen LogP contribution in [0.2, 0.25) is 0 Å². The Kier molecular flexibility index (Phi) is 18.3. The summed E-state index contributed by atoms with van der Waals surface area (Å²) >= 11 is 0. The summed E-state index contributed by atoms with van der Waals surface area (Å²) in [6, 6.07) is 115. The zero-order chi connectivity index (χ0) is 88.9. The van der Waals surface area contributed by atoms with Gasteiger partial charge in [-0.1, -0.05) is 387 Å². The average Bonchev–Trinajstić information content (AvgIpc) is 1.06. The zero-order valence-electron chi connectivity index (χ0n) is 77.0. The molecule has 6 unspecified atom stereocenters. The van der Waals surface area contributed by atoms with Gasteiger partial charge < -0.3 is 0 Å². The van der Waals surface area contributed by atoms with Crippen LogP contribution in [0.3, 0.4) is 0 Å². The van der Waals surface area contributed by atoms with E-state index in [0.29, 0.717) is 35.5 Å². The number of rotatable bonds is 0. The van der Waals surface area contributed by atoms with Crippen LogP contribution in [0.1, 0.15) is 304 Å². The van der Waals surface area contributed by atoms with Crippen molar-refractivity contribution in [3.05, 3.63) is 630 Å². The SMILES string of the molecule is C1=CC2=C(C1)C1c3ccccc3Cc3cccc(c31)C2.C1=CC2=C(C1)Cc1cccc3c1C2c1ccccc1C3.C1=Cc2c(ccc3c2Cc2cccc4c2C3c2ccccc2C4)C1.C1=Cc2cc3c(cc2C1)C1c2ccccc2Cc2cccc(c21)C3.C1=Cc2cc3c(cc2C1)Cc1cccc2c1C3c1ccccc1C2.C1=Cc2ccc3c(c2C1)Cc1cccc2c1C3c1ccccc1C2. The molecule has 136 heavy (non-hydrogen) atoms. The van der Waals surface area contributed by atoms with Gasteiger partial charge in [-0.15, -0.1) is 0 Å². The minimum atomic E-state index is 0.421. The number of hydrogen-bond donors (Lipinski definition) is 0. The lowest BCUT2D eigenvalue weighted by atomic mass is 9.67. The topological polar surface area (TPSA) is 0 Å². The van der Waals surface area contributed by atoms with Crippen LogP contribution in [-0.4, -0.2) is 0 Å². The molecule has 18 aliphatic carbocycles. The van der Waals surface area contributed by atoms with Crippen LogP contribution < -0.4 is 0 Å². The van der Waals surface area contributed by atoms with Gasteiger partial charge in [-0.05, 0) is 383 Å². The molecule has 16 aromatic rings. The Labute approximate surface area is 799 Å². The van der Waals surface area contributed by atoms with Gasteiger partial charge in [0.2, 0.25) is 0 Å². The predicted molar refractivity (Wildman–Crippen MR) is 559 cm³/mol. The molecule has 34 rings (SSSR count). The van der Waals surface area contributed by atoms with E-state index >= 15 is 0 Å². The molecule has 0 radical (unpaired) electrons. The van der Waals surface area contributed by atoms with Crippen LogP contribution >= 0.6 is 0 Å². The van der Waals surface area contributed by atoms with E-state index in [2.05, 4.69) is 376 Å². The lowest BCUT2D eigenvalue weighted by molar-refractivity contribution is 0.799. The summed E-state index contributed by atoms with van der Waals surface area (Å²) in [4.78, 5) is 0. The molecule has 0 saturated carbocycles. The minimum Gasteiger partial charge on any atom is -0.0801 e. The van der Waals surface area contributed by atoms with E-state index in [4.69, 9.17) is 0 Å². The Balaban J connectivity index is 0.0000000792. The molecule has 0 spiro atoms. The maximum Gasteiger partial charge on any atom is 0.0351 e. The second-order valence-corrected chi connectivity index (χ2v) is 41.5.